The zero-order valence-corrected chi connectivity index (χ0v) is 15.4. The second-order valence-corrected chi connectivity index (χ2v) is 6.41. The van der Waals surface area contributed by atoms with Crippen molar-refractivity contribution in [2.24, 2.45) is 4.99 Å². The van der Waals surface area contributed by atoms with Crippen LogP contribution in [-0.2, 0) is 11.3 Å². The Morgan fingerprint density at radius 1 is 1.29 bits per heavy atom. The molecular weight excluding hydrogens is 383 g/mol. The van der Waals surface area contributed by atoms with Crippen LogP contribution in [-0.4, -0.2) is 28.3 Å². The number of benzene rings is 2. The van der Waals surface area contributed by atoms with Crippen molar-refractivity contribution in [1.29, 1.82) is 5.26 Å². The van der Waals surface area contributed by atoms with Crippen molar-refractivity contribution in [1.82, 2.24) is 9.55 Å². The smallest absolute Gasteiger partial charge is 0.359 e. The number of aromatic nitrogens is 2. The van der Waals surface area contributed by atoms with Gasteiger partial charge < -0.3 is 4.74 Å². The van der Waals surface area contributed by atoms with Gasteiger partial charge in [-0.15, -0.1) is 0 Å². The molecule has 0 spiro atoms. The molecule has 1 aliphatic heterocycles. The number of halogens is 2. The van der Waals surface area contributed by atoms with Gasteiger partial charge in [0.25, 0.3) is 0 Å². The Morgan fingerprint density at radius 3 is 2.79 bits per heavy atom. The monoisotopic (exact) mass is 394 g/mol. The number of esters is 1. The maximum absolute atomic E-state index is 14.5. The first-order valence-corrected chi connectivity index (χ1v) is 8.62. The van der Waals surface area contributed by atoms with Gasteiger partial charge in [0.05, 0.1) is 25.1 Å². The molecule has 0 saturated heterocycles. The summed E-state index contributed by atoms with van der Waals surface area (Å²) in [5, 5.41) is 10.1. The lowest BCUT2D eigenvalue weighted by molar-refractivity contribution is 0.0594. The fraction of sp³-hybridized carbons (Fsp3) is 0.100. The van der Waals surface area contributed by atoms with Crippen molar-refractivity contribution in [3.63, 3.8) is 0 Å². The van der Waals surface area contributed by atoms with Gasteiger partial charge in [-0.3, -0.25) is 9.56 Å². The summed E-state index contributed by atoms with van der Waals surface area (Å²) in [4.78, 5) is 20.8. The molecule has 0 aliphatic carbocycles. The highest BCUT2D eigenvalue weighted by Gasteiger charge is 2.28. The molecule has 0 N–H and O–H groups in total. The van der Waals surface area contributed by atoms with E-state index in [1.165, 1.54) is 17.7 Å². The van der Waals surface area contributed by atoms with E-state index in [1.807, 2.05) is 6.07 Å². The number of carbonyl (C=O) groups is 1. The number of methoxy groups -OCH3 is 1. The average molecular weight is 395 g/mol. The first-order chi connectivity index (χ1) is 13.5. The first kappa shape index (κ1) is 17.9. The molecule has 0 atom stereocenters. The van der Waals surface area contributed by atoms with Crippen molar-refractivity contribution in [2.45, 2.75) is 6.54 Å². The van der Waals surface area contributed by atoms with E-state index in [9.17, 15) is 14.4 Å². The molecule has 0 amide bonds. The van der Waals surface area contributed by atoms with Crippen LogP contribution in [0.1, 0.15) is 33.1 Å². The SMILES string of the molecule is COC(=O)c1nc2n(c1C#N)-c1ccc(Cl)cc1C(c1ccccc1F)=NC2. The van der Waals surface area contributed by atoms with Gasteiger partial charge in [0, 0.05) is 16.1 Å². The Bertz CT molecular complexity index is 1190. The van der Waals surface area contributed by atoms with Crippen molar-refractivity contribution in [2.75, 3.05) is 7.11 Å². The van der Waals surface area contributed by atoms with E-state index in [-0.39, 0.29) is 17.9 Å². The average Bonchev–Trinajstić information content (AvgIpc) is 3.00. The second kappa shape index (κ2) is 6.91. The molecule has 138 valence electrons. The summed E-state index contributed by atoms with van der Waals surface area (Å²) in [6.07, 6.45) is 0. The Kier molecular flexibility index (Phi) is 4.41. The van der Waals surface area contributed by atoms with Crippen molar-refractivity contribution in [3.05, 3.63) is 81.6 Å². The molecule has 2 heterocycles. The Balaban J connectivity index is 2.03. The fourth-order valence-corrected chi connectivity index (χ4v) is 3.36. The van der Waals surface area contributed by atoms with Gasteiger partial charge in [0.15, 0.2) is 11.4 Å². The van der Waals surface area contributed by atoms with Crippen LogP contribution >= 0.6 is 11.6 Å². The highest BCUT2D eigenvalue weighted by molar-refractivity contribution is 6.31. The minimum absolute atomic E-state index is 0.0235. The molecule has 0 bridgehead atoms. The summed E-state index contributed by atoms with van der Waals surface area (Å²) in [5.41, 5.74) is 1.69. The van der Waals surface area contributed by atoms with Crippen LogP contribution in [0, 0.1) is 17.1 Å². The maximum Gasteiger partial charge on any atom is 0.359 e. The number of rotatable bonds is 2. The van der Waals surface area contributed by atoms with Crippen LogP contribution in [0.25, 0.3) is 5.69 Å². The maximum atomic E-state index is 14.5. The van der Waals surface area contributed by atoms with Crippen LogP contribution in [0.3, 0.4) is 0 Å². The zero-order valence-electron chi connectivity index (χ0n) is 14.6. The molecule has 0 unspecified atom stereocenters. The lowest BCUT2D eigenvalue weighted by Crippen LogP contribution is -2.11. The molecule has 8 heteroatoms. The molecule has 4 rings (SSSR count). The molecule has 2 aromatic carbocycles. The van der Waals surface area contributed by atoms with E-state index in [0.29, 0.717) is 33.4 Å². The Labute approximate surface area is 164 Å². The molecule has 1 aromatic heterocycles. The number of aliphatic imine (C=N–C) groups is 1. The number of carbonyl (C=O) groups excluding carboxylic acids is 1. The highest BCUT2D eigenvalue weighted by Crippen LogP contribution is 2.30. The van der Waals surface area contributed by atoms with E-state index >= 15 is 0 Å². The summed E-state index contributed by atoms with van der Waals surface area (Å²) in [6.45, 7) is 0.0433. The molecule has 0 radical (unpaired) electrons. The zero-order chi connectivity index (χ0) is 19.8. The van der Waals surface area contributed by atoms with Gasteiger partial charge in [-0.05, 0) is 30.3 Å². The predicted molar refractivity (Wildman–Crippen MR) is 100 cm³/mol. The summed E-state index contributed by atoms with van der Waals surface area (Å²) in [7, 11) is 1.22. The van der Waals surface area contributed by atoms with Crippen LogP contribution in [0.2, 0.25) is 5.02 Å². The van der Waals surface area contributed by atoms with Gasteiger partial charge in [0.2, 0.25) is 0 Å². The van der Waals surface area contributed by atoms with Gasteiger partial charge in [-0.25, -0.2) is 14.2 Å². The topological polar surface area (TPSA) is 80.3 Å². The van der Waals surface area contributed by atoms with Crippen molar-refractivity contribution < 1.29 is 13.9 Å². The molecule has 6 nitrogen and oxygen atoms in total. The predicted octanol–water partition coefficient (Wildman–Crippen LogP) is 3.67. The first-order valence-electron chi connectivity index (χ1n) is 8.24. The van der Waals surface area contributed by atoms with E-state index in [2.05, 4.69) is 9.98 Å². The number of imidazole rings is 1. The molecule has 1 aliphatic rings. The van der Waals surface area contributed by atoms with Crippen LogP contribution in [0.5, 0.6) is 0 Å². The number of ether oxygens (including phenoxy) is 1. The van der Waals surface area contributed by atoms with E-state index in [1.54, 1.807) is 36.4 Å². The Hall–Kier alpha value is -3.50. The third kappa shape index (κ3) is 2.75. The third-order valence-corrected chi connectivity index (χ3v) is 4.63. The molecule has 28 heavy (non-hydrogen) atoms. The van der Waals surface area contributed by atoms with Crippen molar-refractivity contribution in [3.8, 4) is 11.8 Å². The van der Waals surface area contributed by atoms with E-state index < -0.39 is 11.8 Å². The number of nitriles is 1. The standard InChI is InChI=1S/C20H12ClFN4O2/c1-28-20(27)19-16(9-23)26-15-7-6-11(21)8-13(15)18(24-10-17(26)25-19)12-4-2-3-5-14(12)22/h2-8H,10H2,1H3. The van der Waals surface area contributed by atoms with Gasteiger partial charge >= 0.3 is 5.97 Å². The van der Waals surface area contributed by atoms with Crippen LogP contribution in [0.15, 0.2) is 47.5 Å². The third-order valence-electron chi connectivity index (χ3n) is 4.39. The van der Waals surface area contributed by atoms with Gasteiger partial charge in [-0.1, -0.05) is 23.7 Å². The fourth-order valence-electron chi connectivity index (χ4n) is 3.19. The van der Waals surface area contributed by atoms with Gasteiger partial charge in [0.1, 0.15) is 17.7 Å². The number of nitrogens with zero attached hydrogens (tertiary/aromatic N) is 4. The summed E-state index contributed by atoms with van der Waals surface area (Å²) in [6, 6.07) is 13.3. The minimum Gasteiger partial charge on any atom is -0.464 e. The number of fused-ring (bicyclic) bond motifs is 3. The molecular formula is C20H12ClFN4O2. The van der Waals surface area contributed by atoms with E-state index in [0.717, 1.165) is 0 Å². The molecule has 3 aromatic rings. The van der Waals surface area contributed by atoms with Crippen LogP contribution < -0.4 is 0 Å². The van der Waals surface area contributed by atoms with Gasteiger partial charge in [-0.2, -0.15) is 5.26 Å². The Morgan fingerprint density at radius 2 is 2.07 bits per heavy atom. The quantitative estimate of drug-likeness (QED) is 0.621. The highest BCUT2D eigenvalue weighted by atomic mass is 35.5. The lowest BCUT2D eigenvalue weighted by Gasteiger charge is -2.13. The van der Waals surface area contributed by atoms with Crippen LogP contribution in [0.4, 0.5) is 4.39 Å². The van der Waals surface area contributed by atoms with E-state index in [4.69, 9.17) is 16.3 Å². The van der Waals surface area contributed by atoms with Crippen molar-refractivity contribution >= 4 is 23.3 Å². The summed E-state index contributed by atoms with van der Waals surface area (Å²) in [5.74, 6) is -0.778. The number of hydrogen-bond acceptors (Lipinski definition) is 5. The number of hydrogen-bond donors (Lipinski definition) is 0. The summed E-state index contributed by atoms with van der Waals surface area (Å²) >= 11 is 6.19. The molecule has 0 fully saturated rings. The summed E-state index contributed by atoms with van der Waals surface area (Å²) < 4.78 is 20.7. The minimum atomic E-state index is -0.717. The lowest BCUT2D eigenvalue weighted by atomic mass is 10.00. The largest absolute Gasteiger partial charge is 0.464 e. The normalized spacial score (nSPS) is 12.3. The second-order valence-electron chi connectivity index (χ2n) is 5.97. The molecule has 0 saturated carbocycles.